The zero-order valence-corrected chi connectivity index (χ0v) is 14.9. The van der Waals surface area contributed by atoms with Crippen molar-refractivity contribution in [2.24, 2.45) is 0 Å². The highest BCUT2D eigenvalue weighted by molar-refractivity contribution is 6.75. The van der Waals surface area contributed by atoms with E-state index in [-0.39, 0.29) is 19.3 Å². The largest absolute Gasteiger partial charge is 0.489 e. The second kappa shape index (κ2) is 7.96. The van der Waals surface area contributed by atoms with E-state index in [4.69, 9.17) is 13.3 Å². The van der Waals surface area contributed by atoms with E-state index < -0.39 is 29.1 Å². The van der Waals surface area contributed by atoms with Crippen LogP contribution in [0, 0.1) is 0 Å². The van der Waals surface area contributed by atoms with Gasteiger partial charge in [-0.2, -0.15) is 0 Å². The molecule has 0 spiro atoms. The lowest BCUT2D eigenvalue weighted by molar-refractivity contribution is -0.102. The summed E-state index contributed by atoms with van der Waals surface area (Å²) in [6, 6.07) is 0.261. The topological polar surface area (TPSA) is 109 Å². The van der Waals surface area contributed by atoms with E-state index >= 15 is 0 Å². The van der Waals surface area contributed by atoms with E-state index in [0.717, 1.165) is 0 Å². The van der Waals surface area contributed by atoms with E-state index in [1.165, 1.54) is 21.0 Å². The molecule has 9 heteroatoms. The lowest BCUT2D eigenvalue weighted by atomic mass is 10.0. The molecule has 0 aliphatic heterocycles. The molecular formula is C11H28O7Si2. The van der Waals surface area contributed by atoms with Gasteiger partial charge in [0, 0.05) is 19.8 Å². The first kappa shape index (κ1) is 20.2. The molecule has 0 rings (SSSR count). The van der Waals surface area contributed by atoms with Crippen molar-refractivity contribution < 1.29 is 33.1 Å². The van der Waals surface area contributed by atoms with Gasteiger partial charge in [-0.15, -0.1) is 0 Å². The summed E-state index contributed by atoms with van der Waals surface area (Å²) in [7, 11) is -4.86. The van der Waals surface area contributed by atoms with Crippen molar-refractivity contribution in [2.45, 2.75) is 51.1 Å². The SMILES string of the molecule is CO[Si](O)(CCCOCC(C)(O)C(C)O)O[Si](C)(C)O. The number of rotatable bonds is 10. The van der Waals surface area contributed by atoms with E-state index in [1.54, 1.807) is 13.1 Å². The molecule has 122 valence electrons. The number of ether oxygens (including phenoxy) is 1. The van der Waals surface area contributed by atoms with Gasteiger partial charge < -0.3 is 33.1 Å². The van der Waals surface area contributed by atoms with E-state index in [0.29, 0.717) is 6.42 Å². The first-order chi connectivity index (χ1) is 8.92. The second-order valence-electron chi connectivity index (χ2n) is 5.65. The fraction of sp³-hybridized carbons (Fsp3) is 1.00. The van der Waals surface area contributed by atoms with Crippen molar-refractivity contribution in [2.75, 3.05) is 20.3 Å². The Morgan fingerprint density at radius 3 is 2.20 bits per heavy atom. The average Bonchev–Trinajstić information content (AvgIpc) is 2.25. The Morgan fingerprint density at radius 2 is 1.80 bits per heavy atom. The number of aliphatic hydroxyl groups excluding tert-OH is 1. The van der Waals surface area contributed by atoms with Crippen LogP contribution in [0.25, 0.3) is 0 Å². The van der Waals surface area contributed by atoms with Crippen LogP contribution < -0.4 is 0 Å². The van der Waals surface area contributed by atoms with Gasteiger partial charge in [-0.3, -0.25) is 0 Å². The van der Waals surface area contributed by atoms with Crippen molar-refractivity contribution in [3.63, 3.8) is 0 Å². The normalized spacial score (nSPS) is 20.2. The Bertz CT molecular complexity index is 280. The molecule has 0 bridgehead atoms. The van der Waals surface area contributed by atoms with Crippen LogP contribution in [0.3, 0.4) is 0 Å². The molecule has 4 N–H and O–H groups in total. The maximum atomic E-state index is 10.1. The number of aliphatic hydroxyl groups is 2. The predicted molar refractivity (Wildman–Crippen MR) is 78.3 cm³/mol. The summed E-state index contributed by atoms with van der Waals surface area (Å²) in [4.78, 5) is 19.8. The van der Waals surface area contributed by atoms with Gasteiger partial charge in [0.25, 0.3) is 0 Å². The lowest BCUT2D eigenvalue weighted by Crippen LogP contribution is -2.51. The van der Waals surface area contributed by atoms with Crippen molar-refractivity contribution in [3.05, 3.63) is 0 Å². The summed E-state index contributed by atoms with van der Waals surface area (Å²) in [6.45, 7) is 6.38. The molecule has 0 saturated carbocycles. The summed E-state index contributed by atoms with van der Waals surface area (Å²) < 4.78 is 15.6. The minimum absolute atomic E-state index is 0.00126. The van der Waals surface area contributed by atoms with Crippen molar-refractivity contribution >= 4 is 17.4 Å². The van der Waals surface area contributed by atoms with E-state index in [1.807, 2.05) is 0 Å². The lowest BCUT2D eigenvalue weighted by Gasteiger charge is -2.29. The van der Waals surface area contributed by atoms with Gasteiger partial charge in [0.15, 0.2) is 0 Å². The van der Waals surface area contributed by atoms with Gasteiger partial charge in [-0.05, 0) is 33.4 Å². The minimum atomic E-state index is -3.36. The van der Waals surface area contributed by atoms with Crippen LogP contribution in [0.4, 0.5) is 0 Å². The highest BCUT2D eigenvalue weighted by Crippen LogP contribution is 2.17. The zero-order chi connectivity index (χ0) is 16.0. The molecular weight excluding hydrogens is 300 g/mol. The van der Waals surface area contributed by atoms with Crippen molar-refractivity contribution in [3.8, 4) is 0 Å². The van der Waals surface area contributed by atoms with Gasteiger partial charge in [0.2, 0.25) is 0 Å². The zero-order valence-electron chi connectivity index (χ0n) is 12.9. The Hall–Kier alpha value is 0.154. The molecule has 7 nitrogen and oxygen atoms in total. The van der Waals surface area contributed by atoms with Crippen LogP contribution in [-0.4, -0.2) is 69.2 Å². The van der Waals surface area contributed by atoms with Crippen molar-refractivity contribution in [1.82, 2.24) is 0 Å². The van der Waals surface area contributed by atoms with Gasteiger partial charge in [0.1, 0.15) is 5.60 Å². The van der Waals surface area contributed by atoms with E-state index in [2.05, 4.69) is 0 Å². The summed E-state index contributed by atoms with van der Waals surface area (Å²) in [6.07, 6.45) is -0.422. The van der Waals surface area contributed by atoms with E-state index in [9.17, 15) is 19.8 Å². The van der Waals surface area contributed by atoms with Crippen LogP contribution in [0.15, 0.2) is 0 Å². The Kier molecular flexibility index (Phi) is 8.02. The molecule has 3 atom stereocenters. The average molecular weight is 329 g/mol. The third-order valence-electron chi connectivity index (χ3n) is 2.80. The second-order valence-corrected chi connectivity index (χ2v) is 11.7. The van der Waals surface area contributed by atoms with Gasteiger partial charge in [0.05, 0.1) is 12.7 Å². The van der Waals surface area contributed by atoms with Gasteiger partial charge in [-0.1, -0.05) is 0 Å². The van der Waals surface area contributed by atoms with Crippen LogP contribution in [0.2, 0.25) is 19.1 Å². The smallest absolute Gasteiger partial charge is 0.411 e. The molecule has 20 heavy (non-hydrogen) atoms. The predicted octanol–water partition coefficient (Wildman–Crippen LogP) is -0.187. The third kappa shape index (κ3) is 8.44. The molecule has 0 fully saturated rings. The maximum absolute atomic E-state index is 10.1. The fourth-order valence-electron chi connectivity index (χ4n) is 1.38. The van der Waals surface area contributed by atoms with Crippen LogP contribution >= 0.6 is 0 Å². The van der Waals surface area contributed by atoms with Crippen LogP contribution in [0.1, 0.15) is 20.3 Å². The summed E-state index contributed by atoms with van der Waals surface area (Å²) in [5, 5.41) is 19.1. The Labute approximate surface area is 122 Å². The molecule has 0 saturated heterocycles. The summed E-state index contributed by atoms with van der Waals surface area (Å²) in [5.74, 6) is 0. The Balaban J connectivity index is 4.04. The fourth-order valence-corrected chi connectivity index (χ4v) is 6.04. The molecule has 0 heterocycles. The highest BCUT2D eigenvalue weighted by Gasteiger charge is 2.41. The third-order valence-corrected chi connectivity index (χ3v) is 7.70. The quantitative estimate of drug-likeness (QED) is 0.325. The minimum Gasteiger partial charge on any atom is -0.411 e. The molecule has 0 aliphatic rings. The standard InChI is InChI=1S/C11H28O7Si2/c1-10(12)11(2,13)9-17-7-6-8-20(15,16-3)18-19(4,5)14/h10,12-15H,6-9H2,1-5H3. The van der Waals surface area contributed by atoms with Gasteiger partial charge >= 0.3 is 17.4 Å². The molecule has 0 radical (unpaired) electrons. The molecule has 0 aromatic heterocycles. The van der Waals surface area contributed by atoms with Crippen molar-refractivity contribution in [1.29, 1.82) is 0 Å². The number of hydrogen-bond donors (Lipinski definition) is 4. The molecule has 0 aromatic rings. The Morgan fingerprint density at radius 1 is 1.25 bits per heavy atom. The van der Waals surface area contributed by atoms with Crippen LogP contribution in [0.5, 0.6) is 0 Å². The maximum Gasteiger partial charge on any atom is 0.489 e. The summed E-state index contributed by atoms with van der Waals surface area (Å²) in [5.41, 5.74) is -1.30. The number of hydrogen-bond acceptors (Lipinski definition) is 7. The molecule has 0 amide bonds. The van der Waals surface area contributed by atoms with Crippen LogP contribution in [-0.2, 0) is 13.3 Å². The monoisotopic (exact) mass is 328 g/mol. The first-order valence-corrected chi connectivity index (χ1v) is 11.4. The highest BCUT2D eigenvalue weighted by atomic mass is 28.5. The molecule has 0 aliphatic carbocycles. The first-order valence-electron chi connectivity index (χ1n) is 6.60. The molecule has 3 unspecified atom stereocenters. The summed E-state index contributed by atoms with van der Waals surface area (Å²) >= 11 is 0. The van der Waals surface area contributed by atoms with Gasteiger partial charge in [-0.25, -0.2) is 0 Å². The molecule has 0 aromatic carbocycles.